The fourth-order valence-corrected chi connectivity index (χ4v) is 5.89. The maximum atomic E-state index is 12.8. The molecule has 2 saturated heterocycles. The maximum Gasteiger partial charge on any atom is 0.243 e. The first-order chi connectivity index (χ1) is 15.0. The van der Waals surface area contributed by atoms with E-state index in [1.165, 1.54) is 12.8 Å². The lowest BCUT2D eigenvalue weighted by atomic mass is 10.1. The van der Waals surface area contributed by atoms with E-state index in [0.29, 0.717) is 18.0 Å². The molecule has 2 aromatic carbocycles. The molecule has 2 aromatic rings. The number of likely N-dealkylation sites (tertiary alicyclic amines) is 1. The largest absolute Gasteiger partial charge is 0.325 e. The molecule has 0 bridgehead atoms. The smallest absolute Gasteiger partial charge is 0.243 e. The van der Waals surface area contributed by atoms with Crippen LogP contribution in [-0.4, -0.2) is 49.7 Å². The van der Waals surface area contributed by atoms with Crippen LogP contribution in [-0.2, 0) is 27.8 Å². The number of nitrogens with one attached hydrogen (secondary N) is 1. The van der Waals surface area contributed by atoms with Gasteiger partial charge in [0.05, 0.1) is 11.3 Å². The summed E-state index contributed by atoms with van der Waals surface area (Å²) in [5.41, 5.74) is 2.77. The Morgan fingerprint density at radius 3 is 2.19 bits per heavy atom. The van der Waals surface area contributed by atoms with Crippen LogP contribution in [0.4, 0.5) is 5.69 Å². The molecule has 0 atom stereocenters. The van der Waals surface area contributed by atoms with Gasteiger partial charge in [0.1, 0.15) is 0 Å². The highest BCUT2D eigenvalue weighted by Crippen LogP contribution is 2.22. The molecule has 0 aromatic heterocycles. The minimum atomic E-state index is -3.44. The second kappa shape index (κ2) is 9.94. The molecular weight excluding hydrogens is 410 g/mol. The first kappa shape index (κ1) is 22.0. The Morgan fingerprint density at radius 2 is 1.48 bits per heavy atom. The van der Waals surface area contributed by atoms with Crippen molar-refractivity contribution in [1.82, 2.24) is 9.21 Å². The van der Waals surface area contributed by atoms with Crippen molar-refractivity contribution in [3.63, 3.8) is 0 Å². The van der Waals surface area contributed by atoms with Crippen LogP contribution < -0.4 is 5.32 Å². The lowest BCUT2D eigenvalue weighted by molar-refractivity contribution is -0.115. The van der Waals surface area contributed by atoms with E-state index in [0.717, 1.165) is 55.7 Å². The summed E-state index contributed by atoms with van der Waals surface area (Å²) >= 11 is 0. The first-order valence-corrected chi connectivity index (χ1v) is 12.7. The van der Waals surface area contributed by atoms with E-state index >= 15 is 0 Å². The summed E-state index contributed by atoms with van der Waals surface area (Å²) in [5.74, 6) is -0.0968. The van der Waals surface area contributed by atoms with Crippen LogP contribution in [0.5, 0.6) is 0 Å². The molecule has 2 aliphatic heterocycles. The Hall–Kier alpha value is -2.22. The minimum Gasteiger partial charge on any atom is -0.325 e. The van der Waals surface area contributed by atoms with Crippen molar-refractivity contribution in [1.29, 1.82) is 0 Å². The third kappa shape index (κ3) is 5.53. The Kier molecular flexibility index (Phi) is 7.05. The van der Waals surface area contributed by atoms with Gasteiger partial charge < -0.3 is 5.32 Å². The molecule has 2 heterocycles. The van der Waals surface area contributed by atoms with Gasteiger partial charge >= 0.3 is 0 Å². The molecule has 2 aliphatic rings. The van der Waals surface area contributed by atoms with E-state index in [-0.39, 0.29) is 12.3 Å². The zero-order chi connectivity index (χ0) is 21.7. The zero-order valence-electron chi connectivity index (χ0n) is 17.9. The number of piperidine rings is 1. The van der Waals surface area contributed by atoms with Gasteiger partial charge in [0.25, 0.3) is 0 Å². The SMILES string of the molecule is O=C(Cc1ccc(S(=O)(=O)N2CCCCC2)cc1)Nc1ccccc1CN1CCCC1. The fourth-order valence-electron chi connectivity index (χ4n) is 4.38. The van der Waals surface area contributed by atoms with Crippen LogP contribution in [0.3, 0.4) is 0 Å². The Morgan fingerprint density at radius 1 is 0.839 bits per heavy atom. The van der Waals surface area contributed by atoms with Crippen LogP contribution in [0.1, 0.15) is 43.2 Å². The number of carbonyl (C=O) groups is 1. The van der Waals surface area contributed by atoms with Crippen molar-refractivity contribution in [2.75, 3.05) is 31.5 Å². The number of hydrogen-bond donors (Lipinski definition) is 1. The number of para-hydroxylation sites is 1. The van der Waals surface area contributed by atoms with E-state index < -0.39 is 10.0 Å². The molecular formula is C24H31N3O3S. The second-order valence-corrected chi connectivity index (χ2v) is 10.4. The lowest BCUT2D eigenvalue weighted by Gasteiger charge is -2.25. The summed E-state index contributed by atoms with van der Waals surface area (Å²) in [6.07, 6.45) is 5.59. The third-order valence-corrected chi connectivity index (χ3v) is 8.04. The molecule has 1 N–H and O–H groups in total. The van der Waals surface area contributed by atoms with Crippen LogP contribution in [0.15, 0.2) is 53.4 Å². The van der Waals surface area contributed by atoms with Crippen molar-refractivity contribution in [2.45, 2.75) is 50.0 Å². The standard InChI is InChI=1S/C24H31N3O3S/c28-24(25-23-9-3-2-8-21(23)19-26-14-6-7-15-26)18-20-10-12-22(13-11-20)31(29,30)27-16-4-1-5-17-27/h2-3,8-13H,1,4-7,14-19H2,(H,25,28). The van der Waals surface area contributed by atoms with Gasteiger partial charge in [0, 0.05) is 25.3 Å². The van der Waals surface area contributed by atoms with Crippen molar-refractivity contribution < 1.29 is 13.2 Å². The summed E-state index contributed by atoms with van der Waals surface area (Å²) < 4.78 is 27.1. The predicted molar refractivity (Wildman–Crippen MR) is 122 cm³/mol. The highest BCUT2D eigenvalue weighted by atomic mass is 32.2. The van der Waals surface area contributed by atoms with Crippen molar-refractivity contribution in [3.8, 4) is 0 Å². The van der Waals surface area contributed by atoms with Crippen LogP contribution >= 0.6 is 0 Å². The highest BCUT2D eigenvalue weighted by molar-refractivity contribution is 7.89. The molecule has 4 rings (SSSR count). The predicted octanol–water partition coefficient (Wildman–Crippen LogP) is 3.64. The molecule has 0 aliphatic carbocycles. The molecule has 1 amide bonds. The van der Waals surface area contributed by atoms with Gasteiger partial charge in [-0.2, -0.15) is 4.31 Å². The molecule has 6 nitrogen and oxygen atoms in total. The Balaban J connectivity index is 1.38. The van der Waals surface area contributed by atoms with Gasteiger partial charge in [-0.15, -0.1) is 0 Å². The van der Waals surface area contributed by atoms with Crippen LogP contribution in [0.25, 0.3) is 0 Å². The summed E-state index contributed by atoms with van der Waals surface area (Å²) in [7, 11) is -3.44. The Labute approximate surface area is 185 Å². The van der Waals surface area contributed by atoms with Gasteiger partial charge in [-0.05, 0) is 68.1 Å². The first-order valence-electron chi connectivity index (χ1n) is 11.2. The number of nitrogens with zero attached hydrogens (tertiary/aromatic N) is 2. The van der Waals surface area contributed by atoms with E-state index in [9.17, 15) is 13.2 Å². The van der Waals surface area contributed by atoms with Crippen molar-refractivity contribution in [3.05, 3.63) is 59.7 Å². The molecule has 0 spiro atoms. The lowest BCUT2D eigenvalue weighted by Crippen LogP contribution is -2.35. The normalized spacial score (nSPS) is 18.2. The summed E-state index contributed by atoms with van der Waals surface area (Å²) in [6, 6.07) is 14.7. The average Bonchev–Trinajstić information content (AvgIpc) is 3.29. The number of benzene rings is 2. The van der Waals surface area contributed by atoms with Crippen molar-refractivity contribution in [2.24, 2.45) is 0 Å². The van der Waals surface area contributed by atoms with Gasteiger partial charge in [0.2, 0.25) is 15.9 Å². The monoisotopic (exact) mass is 441 g/mol. The summed E-state index contributed by atoms with van der Waals surface area (Å²) in [5, 5.41) is 3.04. The van der Waals surface area contributed by atoms with Crippen LogP contribution in [0, 0.1) is 0 Å². The third-order valence-electron chi connectivity index (χ3n) is 6.12. The van der Waals surface area contributed by atoms with E-state index in [2.05, 4.69) is 16.3 Å². The molecule has 0 radical (unpaired) electrons. The van der Waals surface area contributed by atoms with Gasteiger partial charge in [-0.3, -0.25) is 9.69 Å². The number of amides is 1. The van der Waals surface area contributed by atoms with Gasteiger partial charge in [-0.1, -0.05) is 36.8 Å². The van der Waals surface area contributed by atoms with Gasteiger partial charge in [-0.25, -0.2) is 8.42 Å². The maximum absolute atomic E-state index is 12.8. The topological polar surface area (TPSA) is 69.7 Å². The molecule has 166 valence electrons. The number of carbonyl (C=O) groups excluding carboxylic acids is 1. The molecule has 7 heteroatoms. The number of rotatable bonds is 7. The summed E-state index contributed by atoms with van der Waals surface area (Å²) in [6.45, 7) is 4.23. The highest BCUT2D eigenvalue weighted by Gasteiger charge is 2.25. The van der Waals surface area contributed by atoms with E-state index in [1.54, 1.807) is 28.6 Å². The zero-order valence-corrected chi connectivity index (χ0v) is 18.7. The summed E-state index contributed by atoms with van der Waals surface area (Å²) in [4.78, 5) is 15.4. The average molecular weight is 442 g/mol. The quantitative estimate of drug-likeness (QED) is 0.712. The second-order valence-electron chi connectivity index (χ2n) is 8.47. The van der Waals surface area contributed by atoms with Gasteiger partial charge in [0.15, 0.2) is 0 Å². The molecule has 2 fully saturated rings. The molecule has 0 unspecified atom stereocenters. The minimum absolute atomic E-state index is 0.0968. The molecule has 31 heavy (non-hydrogen) atoms. The Bertz CT molecular complexity index is 993. The number of sulfonamides is 1. The number of hydrogen-bond acceptors (Lipinski definition) is 4. The molecule has 0 saturated carbocycles. The fraction of sp³-hybridized carbons (Fsp3) is 0.458. The number of anilines is 1. The van der Waals surface area contributed by atoms with E-state index in [4.69, 9.17) is 0 Å². The van der Waals surface area contributed by atoms with Crippen molar-refractivity contribution >= 4 is 21.6 Å². The van der Waals surface area contributed by atoms with Crippen LogP contribution in [0.2, 0.25) is 0 Å². The van der Waals surface area contributed by atoms with E-state index in [1.807, 2.05) is 18.2 Å².